The van der Waals surface area contributed by atoms with Crippen LogP contribution in [0.3, 0.4) is 0 Å². The third-order valence-electron chi connectivity index (χ3n) is 1.41. The minimum absolute atomic E-state index is 0.217. The second-order valence-electron chi connectivity index (χ2n) is 2.56. The van der Waals surface area contributed by atoms with Crippen molar-refractivity contribution in [2.24, 2.45) is 0 Å². The van der Waals surface area contributed by atoms with E-state index in [0.29, 0.717) is 6.42 Å². The lowest BCUT2D eigenvalue weighted by Crippen LogP contribution is -1.92. The largest absolute Gasteiger partial charge is 0.481 e. The predicted octanol–water partition coefficient (Wildman–Crippen LogP) is 1.94. The lowest BCUT2D eigenvalue weighted by atomic mass is 10.2. The number of aliphatic carboxylic acids is 1. The molecule has 0 amide bonds. The second kappa shape index (κ2) is 8.71. The Hall–Kier alpha value is -1.38. The highest BCUT2D eigenvalue weighted by molar-refractivity contribution is 5.66. The van der Waals surface area contributed by atoms with Crippen molar-refractivity contribution in [1.29, 1.82) is 0 Å². The van der Waals surface area contributed by atoms with E-state index in [0.717, 1.165) is 19.1 Å². The molecular formula is C10H14O3. The van der Waals surface area contributed by atoms with Crippen LogP contribution in [0.15, 0.2) is 24.3 Å². The van der Waals surface area contributed by atoms with Gasteiger partial charge < -0.3 is 5.11 Å². The Labute approximate surface area is 77.8 Å². The molecule has 72 valence electrons. The summed E-state index contributed by atoms with van der Waals surface area (Å²) in [6.45, 7) is 0. The molecule has 0 aromatic heterocycles. The first-order valence-electron chi connectivity index (χ1n) is 4.24. The molecule has 0 heterocycles. The van der Waals surface area contributed by atoms with Gasteiger partial charge in [-0.05, 0) is 25.3 Å². The highest BCUT2D eigenvalue weighted by Crippen LogP contribution is 1.97. The Morgan fingerprint density at radius 2 is 2.00 bits per heavy atom. The number of allylic oxidation sites excluding steroid dienone is 4. The van der Waals surface area contributed by atoms with Gasteiger partial charge in [0, 0.05) is 6.42 Å². The number of hydrogen-bond donors (Lipinski definition) is 1. The van der Waals surface area contributed by atoms with Crippen LogP contribution in [0, 0.1) is 0 Å². The number of aldehydes is 1. The van der Waals surface area contributed by atoms with Crippen LogP contribution in [-0.4, -0.2) is 17.4 Å². The van der Waals surface area contributed by atoms with Gasteiger partial charge in [-0.1, -0.05) is 18.2 Å². The Bertz CT molecular complexity index is 204. The normalized spacial score (nSPS) is 11.1. The standard InChI is InChI=1S/C10H14O3/c11-9-7-5-3-1-2-4-6-8-10(12)13/h1-2,5,7,9H,3-4,6,8H2,(H,12,13)/b2-1+,7-5+. The van der Waals surface area contributed by atoms with Crippen molar-refractivity contribution < 1.29 is 14.7 Å². The molecule has 0 atom stereocenters. The molecule has 0 aromatic rings. The van der Waals surface area contributed by atoms with Gasteiger partial charge >= 0.3 is 5.97 Å². The zero-order valence-corrected chi connectivity index (χ0v) is 7.48. The monoisotopic (exact) mass is 182 g/mol. The van der Waals surface area contributed by atoms with Gasteiger partial charge in [0.25, 0.3) is 0 Å². The summed E-state index contributed by atoms with van der Waals surface area (Å²) in [5.41, 5.74) is 0. The third-order valence-corrected chi connectivity index (χ3v) is 1.41. The van der Waals surface area contributed by atoms with Crippen LogP contribution in [0.25, 0.3) is 0 Å². The first-order chi connectivity index (χ1) is 6.27. The summed E-state index contributed by atoms with van der Waals surface area (Å²) in [7, 11) is 0. The van der Waals surface area contributed by atoms with Crippen molar-refractivity contribution >= 4 is 12.3 Å². The molecule has 0 fully saturated rings. The van der Waals surface area contributed by atoms with E-state index in [1.807, 2.05) is 12.2 Å². The lowest BCUT2D eigenvalue weighted by molar-refractivity contribution is -0.137. The molecule has 0 aliphatic carbocycles. The molecule has 0 spiro atoms. The van der Waals surface area contributed by atoms with Crippen molar-refractivity contribution in [1.82, 2.24) is 0 Å². The fraction of sp³-hybridized carbons (Fsp3) is 0.400. The van der Waals surface area contributed by atoms with Crippen LogP contribution in [0.4, 0.5) is 0 Å². The van der Waals surface area contributed by atoms with Crippen molar-refractivity contribution in [3.05, 3.63) is 24.3 Å². The Balaban J connectivity index is 3.26. The zero-order chi connectivity index (χ0) is 9.94. The molecule has 1 N–H and O–H groups in total. The molecule has 13 heavy (non-hydrogen) atoms. The number of hydrogen-bond acceptors (Lipinski definition) is 2. The number of rotatable bonds is 7. The first-order valence-corrected chi connectivity index (χ1v) is 4.24. The molecule has 0 aliphatic heterocycles. The summed E-state index contributed by atoms with van der Waals surface area (Å²) in [5, 5.41) is 8.31. The topological polar surface area (TPSA) is 54.4 Å². The van der Waals surface area contributed by atoms with Gasteiger partial charge in [0.05, 0.1) is 0 Å². The molecule has 0 bridgehead atoms. The van der Waals surface area contributed by atoms with Gasteiger partial charge in [-0.2, -0.15) is 0 Å². The van der Waals surface area contributed by atoms with E-state index in [1.165, 1.54) is 6.08 Å². The van der Waals surface area contributed by atoms with E-state index in [9.17, 15) is 9.59 Å². The average Bonchev–Trinajstić information content (AvgIpc) is 2.09. The minimum Gasteiger partial charge on any atom is -0.481 e. The van der Waals surface area contributed by atoms with Gasteiger partial charge in [-0.3, -0.25) is 9.59 Å². The van der Waals surface area contributed by atoms with Crippen LogP contribution in [0.2, 0.25) is 0 Å². The fourth-order valence-electron chi connectivity index (χ4n) is 0.798. The predicted molar refractivity (Wildman–Crippen MR) is 50.4 cm³/mol. The molecule has 0 radical (unpaired) electrons. The van der Waals surface area contributed by atoms with Crippen LogP contribution in [0.5, 0.6) is 0 Å². The van der Waals surface area contributed by atoms with E-state index in [2.05, 4.69) is 0 Å². The molecular weight excluding hydrogens is 168 g/mol. The number of carboxylic acid groups (broad SMARTS) is 1. The average molecular weight is 182 g/mol. The summed E-state index contributed by atoms with van der Waals surface area (Å²) < 4.78 is 0. The van der Waals surface area contributed by atoms with Crippen LogP contribution in [0.1, 0.15) is 25.7 Å². The summed E-state index contributed by atoms with van der Waals surface area (Å²) in [6, 6.07) is 0. The first kappa shape index (κ1) is 11.6. The van der Waals surface area contributed by atoms with Crippen LogP contribution < -0.4 is 0 Å². The molecule has 3 heteroatoms. The molecule has 0 aromatic carbocycles. The number of carboxylic acids is 1. The van der Waals surface area contributed by atoms with Gasteiger partial charge in [0.15, 0.2) is 0 Å². The van der Waals surface area contributed by atoms with Gasteiger partial charge in [-0.15, -0.1) is 0 Å². The van der Waals surface area contributed by atoms with Gasteiger partial charge in [0.1, 0.15) is 6.29 Å². The lowest BCUT2D eigenvalue weighted by Gasteiger charge is -1.89. The van der Waals surface area contributed by atoms with Gasteiger partial charge in [-0.25, -0.2) is 0 Å². The Morgan fingerprint density at radius 3 is 2.62 bits per heavy atom. The molecule has 0 saturated heterocycles. The van der Waals surface area contributed by atoms with Gasteiger partial charge in [0.2, 0.25) is 0 Å². The molecule has 0 aliphatic rings. The van der Waals surface area contributed by atoms with E-state index in [1.54, 1.807) is 6.08 Å². The number of carbonyl (C=O) groups is 2. The highest BCUT2D eigenvalue weighted by Gasteiger charge is 1.92. The summed E-state index contributed by atoms with van der Waals surface area (Å²) in [6.07, 6.45) is 10.2. The molecule has 3 nitrogen and oxygen atoms in total. The number of unbranched alkanes of at least 4 members (excludes halogenated alkanes) is 1. The molecule has 0 unspecified atom stereocenters. The van der Waals surface area contributed by atoms with Crippen molar-refractivity contribution in [3.8, 4) is 0 Å². The smallest absolute Gasteiger partial charge is 0.303 e. The highest BCUT2D eigenvalue weighted by atomic mass is 16.4. The molecule has 0 saturated carbocycles. The summed E-state index contributed by atoms with van der Waals surface area (Å²) in [4.78, 5) is 19.9. The van der Waals surface area contributed by atoms with Crippen LogP contribution in [-0.2, 0) is 9.59 Å². The zero-order valence-electron chi connectivity index (χ0n) is 7.48. The van der Waals surface area contributed by atoms with Crippen molar-refractivity contribution in [2.75, 3.05) is 0 Å². The maximum absolute atomic E-state index is 10.1. The second-order valence-corrected chi connectivity index (χ2v) is 2.56. The quantitative estimate of drug-likeness (QED) is 0.283. The van der Waals surface area contributed by atoms with E-state index in [4.69, 9.17) is 5.11 Å². The SMILES string of the molecule is O=C/C=C/C/C=C/CCCC(=O)O. The van der Waals surface area contributed by atoms with E-state index < -0.39 is 5.97 Å². The Morgan fingerprint density at radius 1 is 1.23 bits per heavy atom. The van der Waals surface area contributed by atoms with Crippen molar-refractivity contribution in [2.45, 2.75) is 25.7 Å². The molecule has 0 rings (SSSR count). The van der Waals surface area contributed by atoms with Crippen molar-refractivity contribution in [3.63, 3.8) is 0 Å². The fourth-order valence-corrected chi connectivity index (χ4v) is 0.798. The van der Waals surface area contributed by atoms with Crippen LogP contribution >= 0.6 is 0 Å². The van der Waals surface area contributed by atoms with E-state index in [-0.39, 0.29) is 6.42 Å². The minimum atomic E-state index is -0.755. The maximum atomic E-state index is 10.1. The third kappa shape index (κ3) is 10.6. The Kier molecular flexibility index (Phi) is 7.79. The summed E-state index contributed by atoms with van der Waals surface area (Å²) in [5.74, 6) is -0.755. The number of carbonyl (C=O) groups excluding carboxylic acids is 1. The summed E-state index contributed by atoms with van der Waals surface area (Å²) >= 11 is 0. The van der Waals surface area contributed by atoms with E-state index >= 15 is 0 Å². The maximum Gasteiger partial charge on any atom is 0.303 e.